The molecule has 0 amide bonds. The predicted molar refractivity (Wildman–Crippen MR) is 46.3 cm³/mol. The van der Waals surface area contributed by atoms with Crippen LogP contribution in [0.5, 0.6) is 0 Å². The fraction of sp³-hybridized carbons (Fsp3) is 1.00. The standard InChI is InChI=1S/C9H18N2/c1-6(2)11-4-7-3-9(10)8(7)5-11/h6-9H,3-5,10H2,1-2H3/t7-,8+,9-/m1/s1. The van der Waals surface area contributed by atoms with Gasteiger partial charge in [-0.2, -0.15) is 0 Å². The summed E-state index contributed by atoms with van der Waals surface area (Å²) in [6, 6.07) is 1.23. The Hall–Kier alpha value is -0.0800. The van der Waals surface area contributed by atoms with Crippen LogP contribution in [0.4, 0.5) is 0 Å². The number of hydrogen-bond donors (Lipinski definition) is 1. The van der Waals surface area contributed by atoms with E-state index >= 15 is 0 Å². The lowest BCUT2D eigenvalue weighted by Gasteiger charge is -2.36. The maximum Gasteiger partial charge on any atom is 0.00857 e. The van der Waals surface area contributed by atoms with Crippen molar-refractivity contribution in [2.45, 2.75) is 32.4 Å². The predicted octanol–water partition coefficient (Wildman–Crippen LogP) is 0.674. The number of fused-ring (bicyclic) bond motifs is 1. The molecule has 1 saturated heterocycles. The third-order valence-corrected chi connectivity index (χ3v) is 3.37. The highest BCUT2D eigenvalue weighted by molar-refractivity contribution is 5.00. The highest BCUT2D eigenvalue weighted by Gasteiger charge is 2.45. The van der Waals surface area contributed by atoms with Crippen LogP contribution in [0.2, 0.25) is 0 Å². The molecule has 2 nitrogen and oxygen atoms in total. The zero-order chi connectivity index (χ0) is 8.01. The van der Waals surface area contributed by atoms with Crippen molar-refractivity contribution < 1.29 is 0 Å². The van der Waals surface area contributed by atoms with Crippen molar-refractivity contribution >= 4 is 0 Å². The van der Waals surface area contributed by atoms with E-state index in [9.17, 15) is 0 Å². The second-order valence-electron chi connectivity index (χ2n) is 4.37. The van der Waals surface area contributed by atoms with Crippen LogP contribution < -0.4 is 5.73 Å². The Morgan fingerprint density at radius 2 is 2.09 bits per heavy atom. The van der Waals surface area contributed by atoms with Crippen LogP contribution in [-0.2, 0) is 0 Å². The summed E-state index contributed by atoms with van der Waals surface area (Å²) in [7, 11) is 0. The summed E-state index contributed by atoms with van der Waals surface area (Å²) in [5.41, 5.74) is 5.90. The van der Waals surface area contributed by atoms with Crippen LogP contribution >= 0.6 is 0 Å². The van der Waals surface area contributed by atoms with Gasteiger partial charge in [0.15, 0.2) is 0 Å². The molecule has 1 aliphatic heterocycles. The Labute approximate surface area is 68.7 Å². The van der Waals surface area contributed by atoms with Gasteiger partial charge in [0.2, 0.25) is 0 Å². The summed E-state index contributed by atoms with van der Waals surface area (Å²) in [4.78, 5) is 2.56. The molecule has 0 bridgehead atoms. The van der Waals surface area contributed by atoms with Gasteiger partial charge in [-0.3, -0.25) is 0 Å². The van der Waals surface area contributed by atoms with E-state index in [1.807, 2.05) is 0 Å². The van der Waals surface area contributed by atoms with E-state index in [-0.39, 0.29) is 0 Å². The summed E-state index contributed by atoms with van der Waals surface area (Å²) < 4.78 is 0. The molecule has 2 heteroatoms. The van der Waals surface area contributed by atoms with Gasteiger partial charge in [0, 0.05) is 25.2 Å². The van der Waals surface area contributed by atoms with Crippen LogP contribution in [0.15, 0.2) is 0 Å². The molecule has 0 aromatic rings. The smallest absolute Gasteiger partial charge is 0.00857 e. The molecule has 1 aliphatic carbocycles. The Morgan fingerprint density at radius 1 is 1.36 bits per heavy atom. The summed E-state index contributed by atoms with van der Waals surface area (Å²) in [5.74, 6) is 1.77. The molecule has 3 atom stereocenters. The molecule has 0 radical (unpaired) electrons. The van der Waals surface area contributed by atoms with Crippen molar-refractivity contribution in [1.29, 1.82) is 0 Å². The summed E-state index contributed by atoms with van der Waals surface area (Å²) in [5, 5.41) is 0. The lowest BCUT2D eigenvalue weighted by Crippen LogP contribution is -2.46. The Morgan fingerprint density at radius 3 is 2.55 bits per heavy atom. The van der Waals surface area contributed by atoms with E-state index in [0.29, 0.717) is 12.1 Å². The number of rotatable bonds is 1. The fourth-order valence-corrected chi connectivity index (χ4v) is 2.42. The van der Waals surface area contributed by atoms with Gasteiger partial charge >= 0.3 is 0 Å². The Kier molecular flexibility index (Phi) is 1.69. The second-order valence-corrected chi connectivity index (χ2v) is 4.37. The summed E-state index contributed by atoms with van der Waals surface area (Å²) >= 11 is 0. The first-order chi connectivity index (χ1) is 5.18. The van der Waals surface area contributed by atoms with Gasteiger partial charge in [0.1, 0.15) is 0 Å². The second kappa shape index (κ2) is 2.46. The van der Waals surface area contributed by atoms with Gasteiger partial charge in [-0.15, -0.1) is 0 Å². The molecular formula is C9H18N2. The van der Waals surface area contributed by atoms with Crippen molar-refractivity contribution in [3.8, 4) is 0 Å². The first-order valence-electron chi connectivity index (χ1n) is 4.68. The van der Waals surface area contributed by atoms with Crippen molar-refractivity contribution in [3.63, 3.8) is 0 Å². The molecule has 64 valence electrons. The number of likely N-dealkylation sites (tertiary alicyclic amines) is 1. The highest BCUT2D eigenvalue weighted by Crippen LogP contribution is 2.40. The van der Waals surface area contributed by atoms with Crippen LogP contribution in [-0.4, -0.2) is 30.1 Å². The molecule has 2 rings (SSSR count). The maximum absolute atomic E-state index is 5.90. The molecule has 0 aromatic carbocycles. The van der Waals surface area contributed by atoms with Crippen LogP contribution in [0, 0.1) is 11.8 Å². The van der Waals surface area contributed by atoms with Crippen molar-refractivity contribution in [2.75, 3.05) is 13.1 Å². The van der Waals surface area contributed by atoms with Gasteiger partial charge in [-0.1, -0.05) is 0 Å². The summed E-state index contributed by atoms with van der Waals surface area (Å²) in [6.45, 7) is 7.10. The van der Waals surface area contributed by atoms with Gasteiger partial charge < -0.3 is 10.6 Å². The molecule has 2 aliphatic rings. The van der Waals surface area contributed by atoms with Gasteiger partial charge in [0.25, 0.3) is 0 Å². The largest absolute Gasteiger partial charge is 0.327 e. The van der Waals surface area contributed by atoms with E-state index in [2.05, 4.69) is 18.7 Å². The minimum atomic E-state index is 0.517. The average molecular weight is 154 g/mol. The fourth-order valence-electron chi connectivity index (χ4n) is 2.42. The molecule has 0 unspecified atom stereocenters. The average Bonchev–Trinajstić information content (AvgIpc) is 2.26. The van der Waals surface area contributed by atoms with Crippen molar-refractivity contribution in [2.24, 2.45) is 17.6 Å². The monoisotopic (exact) mass is 154 g/mol. The lowest BCUT2D eigenvalue weighted by molar-refractivity contribution is 0.194. The SMILES string of the molecule is CC(C)N1C[C@H]2C[C@@H](N)[C@H]2C1. The molecule has 2 N–H and O–H groups in total. The third kappa shape index (κ3) is 1.09. The lowest BCUT2D eigenvalue weighted by atomic mass is 9.72. The van der Waals surface area contributed by atoms with Crippen LogP contribution in [0.3, 0.4) is 0 Å². The van der Waals surface area contributed by atoms with E-state index in [1.165, 1.54) is 19.5 Å². The molecule has 0 aromatic heterocycles. The first-order valence-corrected chi connectivity index (χ1v) is 4.68. The van der Waals surface area contributed by atoms with E-state index in [1.54, 1.807) is 0 Å². The molecule has 1 saturated carbocycles. The van der Waals surface area contributed by atoms with Gasteiger partial charge in [0.05, 0.1) is 0 Å². The topological polar surface area (TPSA) is 29.3 Å². The summed E-state index contributed by atoms with van der Waals surface area (Å²) in [6.07, 6.45) is 1.27. The maximum atomic E-state index is 5.90. The van der Waals surface area contributed by atoms with E-state index < -0.39 is 0 Å². The normalized spacial score (nSPS) is 44.2. The number of nitrogens with two attached hydrogens (primary N) is 1. The quantitative estimate of drug-likeness (QED) is 0.601. The van der Waals surface area contributed by atoms with Crippen LogP contribution in [0.25, 0.3) is 0 Å². The van der Waals surface area contributed by atoms with Crippen molar-refractivity contribution in [1.82, 2.24) is 4.90 Å². The minimum absolute atomic E-state index is 0.517. The number of nitrogens with zero attached hydrogens (tertiary/aromatic N) is 1. The van der Waals surface area contributed by atoms with Gasteiger partial charge in [-0.05, 0) is 32.1 Å². The van der Waals surface area contributed by atoms with Gasteiger partial charge in [-0.25, -0.2) is 0 Å². The first kappa shape index (κ1) is 7.56. The van der Waals surface area contributed by atoms with E-state index in [0.717, 1.165) is 11.8 Å². The number of hydrogen-bond acceptors (Lipinski definition) is 2. The molecule has 0 spiro atoms. The minimum Gasteiger partial charge on any atom is -0.327 e. The third-order valence-electron chi connectivity index (χ3n) is 3.37. The highest BCUT2D eigenvalue weighted by atomic mass is 15.2. The molecular weight excluding hydrogens is 136 g/mol. The Balaban J connectivity index is 1.93. The molecule has 11 heavy (non-hydrogen) atoms. The van der Waals surface area contributed by atoms with E-state index in [4.69, 9.17) is 5.73 Å². The zero-order valence-corrected chi connectivity index (χ0v) is 7.46. The Bertz CT molecular complexity index is 156. The molecule has 1 heterocycles. The van der Waals surface area contributed by atoms with Crippen molar-refractivity contribution in [3.05, 3.63) is 0 Å². The molecule has 2 fully saturated rings. The zero-order valence-electron chi connectivity index (χ0n) is 7.46. The van der Waals surface area contributed by atoms with Crippen LogP contribution in [0.1, 0.15) is 20.3 Å².